The van der Waals surface area contributed by atoms with Crippen molar-refractivity contribution >= 4 is 34.1 Å². The van der Waals surface area contributed by atoms with Crippen LogP contribution in [0.15, 0.2) is 102 Å². The van der Waals surface area contributed by atoms with Crippen LogP contribution < -0.4 is 5.32 Å². The van der Waals surface area contributed by atoms with Crippen LogP contribution in [0.4, 0.5) is 5.13 Å². The highest BCUT2D eigenvalue weighted by Crippen LogP contribution is 2.40. The summed E-state index contributed by atoms with van der Waals surface area (Å²) < 4.78 is 0. The fourth-order valence-corrected chi connectivity index (χ4v) is 5.88. The Labute approximate surface area is 243 Å². The van der Waals surface area contributed by atoms with Crippen LogP contribution >= 0.6 is 11.3 Å². The van der Waals surface area contributed by atoms with Crippen molar-refractivity contribution in [1.82, 2.24) is 9.88 Å². The Kier molecular flexibility index (Phi) is 8.74. The van der Waals surface area contributed by atoms with Gasteiger partial charge < -0.3 is 20.2 Å². The summed E-state index contributed by atoms with van der Waals surface area (Å²) >= 11 is 1.27. The smallest absolute Gasteiger partial charge is 0.360 e. The average Bonchev–Trinajstić information content (AvgIpc) is 3.49. The number of anilines is 1. The number of aromatic nitrogens is 1. The number of aliphatic carboxylic acids is 1. The summed E-state index contributed by atoms with van der Waals surface area (Å²) in [6.45, 7) is 2.94. The lowest BCUT2D eigenvalue weighted by atomic mass is 9.77. The third-order valence-electron chi connectivity index (χ3n) is 7.18. The van der Waals surface area contributed by atoms with Gasteiger partial charge in [0.2, 0.25) is 11.8 Å². The van der Waals surface area contributed by atoms with Gasteiger partial charge in [-0.25, -0.2) is 9.78 Å². The van der Waals surface area contributed by atoms with E-state index < -0.39 is 17.6 Å². The van der Waals surface area contributed by atoms with Crippen molar-refractivity contribution in [3.8, 4) is 0 Å². The molecule has 8 nitrogen and oxygen atoms in total. The summed E-state index contributed by atoms with van der Waals surface area (Å²) in [5.41, 5.74) is 1.95. The van der Waals surface area contributed by atoms with E-state index >= 15 is 0 Å². The van der Waals surface area contributed by atoms with E-state index in [0.717, 1.165) is 36.0 Å². The molecule has 5 rings (SSSR count). The molecule has 1 aliphatic rings. The second-order valence-electron chi connectivity index (χ2n) is 9.89. The highest BCUT2D eigenvalue weighted by atomic mass is 32.1. The van der Waals surface area contributed by atoms with E-state index in [1.807, 2.05) is 54.6 Å². The van der Waals surface area contributed by atoms with Crippen molar-refractivity contribution in [2.24, 2.45) is 5.16 Å². The molecule has 1 atom stereocenters. The van der Waals surface area contributed by atoms with E-state index in [-0.39, 0.29) is 17.3 Å². The predicted molar refractivity (Wildman–Crippen MR) is 160 cm³/mol. The zero-order valence-corrected chi connectivity index (χ0v) is 23.6. The lowest BCUT2D eigenvalue weighted by molar-refractivity contribution is -0.144. The van der Waals surface area contributed by atoms with Crippen LogP contribution in [-0.4, -0.2) is 51.8 Å². The molecule has 1 aromatic heterocycles. The topological polar surface area (TPSA) is 104 Å². The number of carboxylic acids is 1. The summed E-state index contributed by atoms with van der Waals surface area (Å²) in [6.07, 6.45) is 2.10. The van der Waals surface area contributed by atoms with Gasteiger partial charge in [-0.3, -0.25) is 4.79 Å². The quantitative estimate of drug-likeness (QED) is 0.143. The summed E-state index contributed by atoms with van der Waals surface area (Å²) in [5.74, 6) is -1.49. The van der Waals surface area contributed by atoms with Gasteiger partial charge in [-0.15, -0.1) is 11.3 Å². The molecule has 3 aromatic carbocycles. The van der Waals surface area contributed by atoms with Crippen molar-refractivity contribution in [2.45, 2.75) is 37.8 Å². The number of nitrogens with zero attached hydrogens (tertiary/aromatic N) is 3. The SMILES string of the molecule is C[C@@H](O/N=C(\C(=O)O)c1csc(NC(c2ccccc2)(c2ccccc2)c2ccccc2)n1)C(=O)N1CCCCC1. The molecule has 0 bridgehead atoms. The standard InChI is InChI=1S/C32H32N4O4S/c1-23(29(37)36-20-12-5-13-21-36)40-35-28(30(38)39)27-22-41-31(33-27)34-32(24-14-6-2-7-15-24,25-16-8-3-9-17-25)26-18-10-4-11-19-26/h2-4,6-11,14-19,22-23H,5,12-13,20-21H2,1H3,(H,33,34)(H,38,39)/b35-28-/t23-/m1/s1. The molecule has 210 valence electrons. The summed E-state index contributed by atoms with van der Waals surface area (Å²) in [6, 6.07) is 30.2. The molecule has 9 heteroatoms. The van der Waals surface area contributed by atoms with Gasteiger partial charge in [0.1, 0.15) is 11.2 Å². The van der Waals surface area contributed by atoms with E-state index in [1.54, 1.807) is 17.2 Å². The number of nitrogens with one attached hydrogen (secondary N) is 1. The first kappa shape index (κ1) is 28.0. The fraction of sp³-hybridized carbons (Fsp3) is 0.250. The minimum Gasteiger partial charge on any atom is -0.476 e. The predicted octanol–water partition coefficient (Wildman–Crippen LogP) is 5.75. The van der Waals surface area contributed by atoms with E-state index in [4.69, 9.17) is 4.84 Å². The van der Waals surface area contributed by atoms with Crippen molar-refractivity contribution in [3.05, 3.63) is 119 Å². The summed E-state index contributed by atoms with van der Waals surface area (Å²) in [4.78, 5) is 36.7. The van der Waals surface area contributed by atoms with E-state index in [2.05, 4.69) is 51.9 Å². The van der Waals surface area contributed by atoms with Gasteiger partial charge >= 0.3 is 5.97 Å². The Morgan fingerprint density at radius 2 is 1.41 bits per heavy atom. The molecule has 0 radical (unpaired) electrons. The number of piperidine rings is 1. The molecule has 2 N–H and O–H groups in total. The number of oxime groups is 1. The number of thiazole rings is 1. The van der Waals surface area contributed by atoms with Crippen LogP contribution in [0.3, 0.4) is 0 Å². The maximum absolute atomic E-state index is 12.7. The van der Waals surface area contributed by atoms with E-state index in [0.29, 0.717) is 18.2 Å². The third-order valence-corrected chi connectivity index (χ3v) is 7.94. The number of hydrogen-bond donors (Lipinski definition) is 2. The largest absolute Gasteiger partial charge is 0.476 e. The first-order valence-electron chi connectivity index (χ1n) is 13.7. The fourth-order valence-electron chi connectivity index (χ4n) is 5.12. The van der Waals surface area contributed by atoms with Gasteiger partial charge in [0, 0.05) is 18.5 Å². The van der Waals surface area contributed by atoms with Gasteiger partial charge in [0.15, 0.2) is 5.13 Å². The van der Waals surface area contributed by atoms with Crippen molar-refractivity contribution < 1.29 is 19.5 Å². The Morgan fingerprint density at radius 3 is 1.90 bits per heavy atom. The lowest BCUT2D eigenvalue weighted by Gasteiger charge is -2.36. The highest BCUT2D eigenvalue weighted by molar-refractivity contribution is 7.14. The maximum Gasteiger partial charge on any atom is 0.360 e. The van der Waals surface area contributed by atoms with Gasteiger partial charge in [-0.1, -0.05) is 96.2 Å². The molecule has 1 aliphatic heterocycles. The third kappa shape index (κ3) is 6.15. The maximum atomic E-state index is 12.7. The number of likely N-dealkylation sites (tertiary alicyclic amines) is 1. The first-order chi connectivity index (χ1) is 20.0. The molecule has 1 saturated heterocycles. The van der Waals surface area contributed by atoms with Crippen LogP contribution in [0.5, 0.6) is 0 Å². The number of benzene rings is 3. The Bertz CT molecular complexity index is 1390. The van der Waals surface area contributed by atoms with Crippen molar-refractivity contribution in [3.63, 3.8) is 0 Å². The lowest BCUT2D eigenvalue weighted by Crippen LogP contribution is -2.41. The molecule has 0 unspecified atom stereocenters. The van der Waals surface area contributed by atoms with Gasteiger partial charge in [-0.2, -0.15) is 0 Å². The molecule has 2 heterocycles. The van der Waals surface area contributed by atoms with E-state index in [9.17, 15) is 14.7 Å². The van der Waals surface area contributed by atoms with Crippen LogP contribution in [0.1, 0.15) is 48.6 Å². The van der Waals surface area contributed by atoms with Gasteiger partial charge in [0.05, 0.1) is 0 Å². The Morgan fingerprint density at radius 1 is 0.902 bits per heavy atom. The summed E-state index contributed by atoms with van der Waals surface area (Å²) in [5, 5.41) is 19.6. The first-order valence-corrected chi connectivity index (χ1v) is 14.5. The molecular formula is C32H32N4O4S. The van der Waals surface area contributed by atoms with Crippen LogP contribution in [0.2, 0.25) is 0 Å². The molecule has 0 spiro atoms. The number of carboxylic acid groups (broad SMARTS) is 1. The number of carbonyl (C=O) groups is 2. The highest BCUT2D eigenvalue weighted by Gasteiger charge is 2.37. The molecule has 0 aliphatic carbocycles. The van der Waals surface area contributed by atoms with Gasteiger partial charge in [0.25, 0.3) is 5.91 Å². The van der Waals surface area contributed by atoms with Crippen molar-refractivity contribution in [1.29, 1.82) is 0 Å². The van der Waals surface area contributed by atoms with Crippen LogP contribution in [0, 0.1) is 0 Å². The molecular weight excluding hydrogens is 536 g/mol. The second kappa shape index (κ2) is 12.8. The normalized spacial score (nSPS) is 14.8. The summed E-state index contributed by atoms with van der Waals surface area (Å²) in [7, 11) is 0. The average molecular weight is 569 g/mol. The molecule has 41 heavy (non-hydrogen) atoms. The van der Waals surface area contributed by atoms with Crippen LogP contribution in [-0.2, 0) is 20.0 Å². The minimum atomic E-state index is -1.29. The zero-order chi connectivity index (χ0) is 28.7. The van der Waals surface area contributed by atoms with Gasteiger partial charge in [-0.05, 0) is 42.9 Å². The van der Waals surface area contributed by atoms with Crippen molar-refractivity contribution in [2.75, 3.05) is 18.4 Å². The molecule has 0 saturated carbocycles. The van der Waals surface area contributed by atoms with E-state index in [1.165, 1.54) is 11.3 Å². The van der Waals surface area contributed by atoms with Crippen LogP contribution in [0.25, 0.3) is 0 Å². The number of hydrogen-bond acceptors (Lipinski definition) is 7. The molecule has 1 fully saturated rings. The number of amides is 1. The second-order valence-corrected chi connectivity index (χ2v) is 10.7. The zero-order valence-electron chi connectivity index (χ0n) is 22.8. The Balaban J connectivity index is 1.48. The molecule has 1 amide bonds. The number of rotatable bonds is 10. The molecule has 4 aromatic rings. The minimum absolute atomic E-state index is 0.144. The Hall–Kier alpha value is -4.50. The number of carbonyl (C=O) groups excluding carboxylic acids is 1. The monoisotopic (exact) mass is 568 g/mol.